The van der Waals surface area contributed by atoms with Crippen LogP contribution in [0.1, 0.15) is 26.2 Å². The van der Waals surface area contributed by atoms with Crippen molar-refractivity contribution in [3.63, 3.8) is 0 Å². The van der Waals surface area contributed by atoms with Crippen molar-refractivity contribution in [3.8, 4) is 0 Å². The van der Waals surface area contributed by atoms with Crippen LogP contribution in [0.5, 0.6) is 0 Å². The van der Waals surface area contributed by atoms with Crippen molar-refractivity contribution in [3.05, 3.63) is 30.3 Å². The lowest BCUT2D eigenvalue weighted by molar-refractivity contribution is 0.00990. The summed E-state index contributed by atoms with van der Waals surface area (Å²) in [6.45, 7) is 6.60. The second-order valence-electron chi connectivity index (χ2n) is 7.13. The van der Waals surface area contributed by atoms with E-state index in [0.717, 1.165) is 58.1 Å². The smallest absolute Gasteiger partial charge is 0.193 e. The van der Waals surface area contributed by atoms with Gasteiger partial charge in [-0.15, -0.1) is 0 Å². The topological polar surface area (TPSA) is 49.3 Å². The summed E-state index contributed by atoms with van der Waals surface area (Å²) in [5, 5.41) is 3.54. The lowest BCUT2D eigenvalue weighted by Crippen LogP contribution is -2.50. The van der Waals surface area contributed by atoms with Gasteiger partial charge in [0.25, 0.3) is 0 Å². The van der Waals surface area contributed by atoms with Crippen LogP contribution in [-0.2, 0) is 9.47 Å². The van der Waals surface area contributed by atoms with E-state index in [9.17, 15) is 0 Å². The summed E-state index contributed by atoms with van der Waals surface area (Å²) in [5.74, 6) is 0.987. The Balaban J connectivity index is 1.73. The molecule has 0 spiro atoms. The normalized spacial score (nSPS) is 17.0. The molecule has 1 heterocycles. The third kappa shape index (κ3) is 7.03. The summed E-state index contributed by atoms with van der Waals surface area (Å²) in [6.07, 6.45) is 3.42. The number of ether oxygens (including phenoxy) is 2. The molecule has 1 aliphatic rings. The standard InChI is InChI=1S/C21H36N4O2/c1-18(24(3)19-9-6-5-7-10-19)17-23-21(22-2)25-13-11-20(12-14-25)27-16-8-15-26-4/h5-7,9-10,18,20H,8,11-17H2,1-4H3,(H,22,23). The molecule has 0 aliphatic carbocycles. The molecule has 1 atom stereocenters. The Morgan fingerprint density at radius 1 is 1.26 bits per heavy atom. The molecule has 6 heteroatoms. The average Bonchev–Trinajstić information content (AvgIpc) is 2.72. The number of anilines is 1. The van der Waals surface area contributed by atoms with Crippen molar-refractivity contribution < 1.29 is 9.47 Å². The Kier molecular flexibility index (Phi) is 9.42. The first-order valence-electron chi connectivity index (χ1n) is 9.99. The van der Waals surface area contributed by atoms with Crippen molar-refractivity contribution in [1.29, 1.82) is 0 Å². The molecule has 152 valence electrons. The number of likely N-dealkylation sites (N-methyl/N-ethyl adjacent to an activating group) is 1. The number of likely N-dealkylation sites (tertiary alicyclic amines) is 1. The number of hydrogen-bond acceptors (Lipinski definition) is 4. The monoisotopic (exact) mass is 376 g/mol. The van der Waals surface area contributed by atoms with Crippen molar-refractivity contribution in [2.24, 2.45) is 4.99 Å². The molecule has 1 fully saturated rings. The predicted molar refractivity (Wildman–Crippen MR) is 113 cm³/mol. The molecule has 6 nitrogen and oxygen atoms in total. The van der Waals surface area contributed by atoms with Gasteiger partial charge in [-0.2, -0.15) is 0 Å². The van der Waals surface area contributed by atoms with Gasteiger partial charge in [0.2, 0.25) is 0 Å². The molecule has 0 saturated carbocycles. The average molecular weight is 377 g/mol. The number of para-hydroxylation sites is 1. The maximum absolute atomic E-state index is 5.95. The highest BCUT2D eigenvalue weighted by Gasteiger charge is 2.22. The number of guanidine groups is 1. The minimum absolute atomic E-state index is 0.361. The van der Waals surface area contributed by atoms with E-state index in [0.29, 0.717) is 12.1 Å². The first-order chi connectivity index (χ1) is 13.2. The first-order valence-corrected chi connectivity index (χ1v) is 9.99. The van der Waals surface area contributed by atoms with E-state index in [1.807, 2.05) is 13.1 Å². The Labute approximate surface area is 164 Å². The van der Waals surface area contributed by atoms with E-state index in [2.05, 4.69) is 58.3 Å². The maximum atomic E-state index is 5.95. The summed E-state index contributed by atoms with van der Waals surface area (Å²) >= 11 is 0. The van der Waals surface area contributed by atoms with Gasteiger partial charge < -0.3 is 24.6 Å². The fraction of sp³-hybridized carbons (Fsp3) is 0.667. The van der Waals surface area contributed by atoms with Crippen molar-refractivity contribution in [2.45, 2.75) is 38.3 Å². The first kappa shape index (κ1) is 21.5. The van der Waals surface area contributed by atoms with Gasteiger partial charge in [0.1, 0.15) is 0 Å². The maximum Gasteiger partial charge on any atom is 0.193 e. The Morgan fingerprint density at radius 3 is 2.59 bits per heavy atom. The molecule has 1 aliphatic heterocycles. The van der Waals surface area contributed by atoms with Gasteiger partial charge in [-0.25, -0.2) is 0 Å². The zero-order valence-corrected chi connectivity index (χ0v) is 17.4. The Hall–Kier alpha value is -1.79. The van der Waals surface area contributed by atoms with Gasteiger partial charge in [-0.05, 0) is 38.3 Å². The van der Waals surface area contributed by atoms with Crippen LogP contribution in [0.4, 0.5) is 5.69 Å². The van der Waals surface area contributed by atoms with E-state index in [4.69, 9.17) is 9.47 Å². The lowest BCUT2D eigenvalue weighted by atomic mass is 10.1. The predicted octanol–water partition coefficient (Wildman–Crippen LogP) is 2.60. The molecule has 2 rings (SSSR count). The van der Waals surface area contributed by atoms with Crippen LogP contribution in [0.2, 0.25) is 0 Å². The second kappa shape index (κ2) is 11.8. The Morgan fingerprint density at radius 2 is 1.96 bits per heavy atom. The molecule has 0 amide bonds. The van der Waals surface area contributed by atoms with Crippen molar-refractivity contribution >= 4 is 11.6 Å². The number of nitrogens with zero attached hydrogens (tertiary/aromatic N) is 3. The molecule has 1 aromatic carbocycles. The van der Waals surface area contributed by atoms with Gasteiger partial charge in [0.05, 0.1) is 6.10 Å². The van der Waals surface area contributed by atoms with Gasteiger partial charge in [0, 0.05) is 65.8 Å². The van der Waals surface area contributed by atoms with Crippen LogP contribution < -0.4 is 10.2 Å². The third-order valence-corrected chi connectivity index (χ3v) is 5.18. The fourth-order valence-electron chi connectivity index (χ4n) is 3.31. The minimum atomic E-state index is 0.361. The Bertz CT molecular complexity index is 544. The van der Waals surface area contributed by atoms with Crippen LogP contribution in [0.25, 0.3) is 0 Å². The molecular weight excluding hydrogens is 340 g/mol. The molecule has 1 unspecified atom stereocenters. The number of aliphatic imine (C=N–C) groups is 1. The van der Waals surface area contributed by atoms with Gasteiger partial charge in [-0.3, -0.25) is 4.99 Å². The molecule has 0 radical (unpaired) electrons. The number of nitrogens with one attached hydrogen (secondary N) is 1. The summed E-state index contributed by atoms with van der Waals surface area (Å²) in [6, 6.07) is 10.8. The highest BCUT2D eigenvalue weighted by Crippen LogP contribution is 2.15. The molecule has 27 heavy (non-hydrogen) atoms. The zero-order chi connectivity index (χ0) is 19.5. The van der Waals surface area contributed by atoms with Crippen LogP contribution in [0.3, 0.4) is 0 Å². The van der Waals surface area contributed by atoms with E-state index in [-0.39, 0.29) is 0 Å². The number of hydrogen-bond donors (Lipinski definition) is 1. The molecular formula is C21H36N4O2. The quantitative estimate of drug-likeness (QED) is 0.408. The van der Waals surface area contributed by atoms with Crippen LogP contribution in [-0.4, -0.2) is 77.1 Å². The molecule has 1 N–H and O–H groups in total. The SMILES string of the molecule is CN=C(NCC(C)N(C)c1ccccc1)N1CCC(OCCCOC)CC1. The molecule has 0 bridgehead atoms. The number of benzene rings is 1. The van der Waals surface area contributed by atoms with Crippen LogP contribution in [0.15, 0.2) is 35.3 Å². The van der Waals surface area contributed by atoms with Gasteiger partial charge in [-0.1, -0.05) is 18.2 Å². The van der Waals surface area contributed by atoms with Crippen molar-refractivity contribution in [2.75, 3.05) is 59.0 Å². The summed E-state index contributed by atoms with van der Waals surface area (Å²) in [7, 11) is 5.73. The second-order valence-corrected chi connectivity index (χ2v) is 7.13. The van der Waals surface area contributed by atoms with Gasteiger partial charge >= 0.3 is 0 Å². The summed E-state index contributed by atoms with van der Waals surface area (Å²) in [5.41, 5.74) is 1.23. The van der Waals surface area contributed by atoms with Crippen LogP contribution in [0, 0.1) is 0 Å². The van der Waals surface area contributed by atoms with E-state index >= 15 is 0 Å². The molecule has 1 saturated heterocycles. The fourth-order valence-corrected chi connectivity index (χ4v) is 3.31. The lowest BCUT2D eigenvalue weighted by Gasteiger charge is -2.35. The minimum Gasteiger partial charge on any atom is -0.385 e. The zero-order valence-electron chi connectivity index (χ0n) is 17.4. The van der Waals surface area contributed by atoms with E-state index in [1.54, 1.807) is 7.11 Å². The highest BCUT2D eigenvalue weighted by atomic mass is 16.5. The summed E-state index contributed by atoms with van der Waals surface area (Å²) in [4.78, 5) is 9.11. The number of piperidine rings is 1. The molecule has 1 aromatic rings. The van der Waals surface area contributed by atoms with Crippen molar-refractivity contribution in [1.82, 2.24) is 10.2 Å². The molecule has 0 aromatic heterocycles. The third-order valence-electron chi connectivity index (χ3n) is 5.18. The van der Waals surface area contributed by atoms with E-state index < -0.39 is 0 Å². The van der Waals surface area contributed by atoms with E-state index in [1.165, 1.54) is 5.69 Å². The number of rotatable bonds is 9. The number of methoxy groups -OCH3 is 1. The highest BCUT2D eigenvalue weighted by molar-refractivity contribution is 5.80. The summed E-state index contributed by atoms with van der Waals surface area (Å²) < 4.78 is 11.0. The van der Waals surface area contributed by atoms with Crippen LogP contribution >= 0.6 is 0 Å². The largest absolute Gasteiger partial charge is 0.385 e. The van der Waals surface area contributed by atoms with Gasteiger partial charge in [0.15, 0.2) is 5.96 Å².